The third-order valence-electron chi connectivity index (χ3n) is 3.80. The van der Waals surface area contributed by atoms with Crippen LogP contribution in [0.25, 0.3) is 0 Å². The van der Waals surface area contributed by atoms with E-state index in [0.29, 0.717) is 12.6 Å². The first-order valence-corrected chi connectivity index (χ1v) is 8.44. The molecule has 5 nitrogen and oxygen atoms in total. The SMILES string of the molecule is CN(C)C(=NCc1ccccc1)NCCCOC1CCOCC1. The van der Waals surface area contributed by atoms with E-state index in [4.69, 9.17) is 9.47 Å². The van der Waals surface area contributed by atoms with Crippen molar-refractivity contribution in [3.8, 4) is 0 Å². The minimum Gasteiger partial charge on any atom is -0.381 e. The van der Waals surface area contributed by atoms with Gasteiger partial charge in [-0.2, -0.15) is 0 Å². The number of hydrogen-bond donors (Lipinski definition) is 1. The lowest BCUT2D eigenvalue weighted by Crippen LogP contribution is -2.37. The average Bonchev–Trinajstić information content (AvgIpc) is 2.59. The van der Waals surface area contributed by atoms with E-state index in [-0.39, 0.29) is 0 Å². The van der Waals surface area contributed by atoms with Crippen molar-refractivity contribution < 1.29 is 9.47 Å². The van der Waals surface area contributed by atoms with Crippen LogP contribution < -0.4 is 5.32 Å². The van der Waals surface area contributed by atoms with Crippen LogP contribution in [0.2, 0.25) is 0 Å². The van der Waals surface area contributed by atoms with Gasteiger partial charge in [0.15, 0.2) is 5.96 Å². The van der Waals surface area contributed by atoms with Crippen LogP contribution in [0.15, 0.2) is 35.3 Å². The zero-order valence-electron chi connectivity index (χ0n) is 14.3. The van der Waals surface area contributed by atoms with E-state index >= 15 is 0 Å². The first kappa shape index (κ1) is 17.8. The summed E-state index contributed by atoms with van der Waals surface area (Å²) in [5.74, 6) is 0.917. The van der Waals surface area contributed by atoms with Crippen LogP contribution in [0.1, 0.15) is 24.8 Å². The second-order valence-corrected chi connectivity index (χ2v) is 5.98. The van der Waals surface area contributed by atoms with Crippen LogP contribution >= 0.6 is 0 Å². The number of guanidine groups is 1. The molecule has 1 heterocycles. The minimum absolute atomic E-state index is 0.379. The highest BCUT2D eigenvalue weighted by molar-refractivity contribution is 5.79. The number of rotatable bonds is 7. The van der Waals surface area contributed by atoms with Gasteiger partial charge < -0.3 is 19.7 Å². The Kier molecular flexibility index (Phi) is 7.90. The zero-order valence-corrected chi connectivity index (χ0v) is 14.3. The van der Waals surface area contributed by atoms with Crippen LogP contribution in [0, 0.1) is 0 Å². The van der Waals surface area contributed by atoms with Gasteiger partial charge in [0.05, 0.1) is 12.6 Å². The molecular weight excluding hydrogens is 290 g/mol. The highest BCUT2D eigenvalue weighted by atomic mass is 16.5. The summed E-state index contributed by atoms with van der Waals surface area (Å²) < 4.78 is 11.2. The summed E-state index contributed by atoms with van der Waals surface area (Å²) in [4.78, 5) is 6.67. The molecule has 1 fully saturated rings. The molecular formula is C18H29N3O2. The third-order valence-corrected chi connectivity index (χ3v) is 3.80. The third kappa shape index (κ3) is 7.01. The molecule has 0 spiro atoms. The molecule has 0 bridgehead atoms. The maximum Gasteiger partial charge on any atom is 0.193 e. The van der Waals surface area contributed by atoms with Gasteiger partial charge in [-0.1, -0.05) is 30.3 Å². The fourth-order valence-corrected chi connectivity index (χ4v) is 2.47. The first-order chi connectivity index (χ1) is 11.3. The Balaban J connectivity index is 1.66. The largest absolute Gasteiger partial charge is 0.381 e. The van der Waals surface area contributed by atoms with Crippen molar-refractivity contribution in [2.45, 2.75) is 31.9 Å². The topological polar surface area (TPSA) is 46.1 Å². The van der Waals surface area contributed by atoms with Gasteiger partial charge in [-0.25, -0.2) is 4.99 Å². The summed E-state index contributed by atoms with van der Waals surface area (Å²) in [7, 11) is 4.02. The van der Waals surface area contributed by atoms with Gasteiger partial charge in [0.1, 0.15) is 0 Å². The minimum atomic E-state index is 0.379. The average molecular weight is 319 g/mol. The molecule has 128 valence electrons. The van der Waals surface area contributed by atoms with Gasteiger partial charge in [-0.05, 0) is 24.8 Å². The van der Waals surface area contributed by atoms with Crippen LogP contribution in [0.3, 0.4) is 0 Å². The fourth-order valence-electron chi connectivity index (χ4n) is 2.47. The van der Waals surface area contributed by atoms with Crippen LogP contribution in [-0.2, 0) is 16.0 Å². The zero-order chi connectivity index (χ0) is 16.3. The van der Waals surface area contributed by atoms with E-state index in [1.54, 1.807) is 0 Å². The van der Waals surface area contributed by atoms with E-state index in [9.17, 15) is 0 Å². The highest BCUT2D eigenvalue weighted by Gasteiger charge is 2.13. The van der Waals surface area contributed by atoms with Crippen molar-refractivity contribution in [3.63, 3.8) is 0 Å². The molecule has 1 aromatic rings. The monoisotopic (exact) mass is 319 g/mol. The number of aliphatic imine (C=N–C) groups is 1. The molecule has 0 radical (unpaired) electrons. The molecule has 0 aromatic heterocycles. The van der Waals surface area contributed by atoms with E-state index in [0.717, 1.165) is 51.6 Å². The Morgan fingerprint density at radius 2 is 2.00 bits per heavy atom. The standard InChI is InChI=1S/C18H29N3O2/c1-21(2)18(20-15-16-7-4-3-5-8-16)19-11-6-12-23-17-9-13-22-14-10-17/h3-5,7-8,17H,6,9-15H2,1-2H3,(H,19,20). The maximum atomic E-state index is 5.88. The van der Waals surface area contributed by atoms with Crippen LogP contribution in [-0.4, -0.2) is 57.4 Å². The molecule has 1 aliphatic heterocycles. The molecule has 0 unspecified atom stereocenters. The molecule has 1 saturated heterocycles. The van der Waals surface area contributed by atoms with Gasteiger partial charge in [0.25, 0.3) is 0 Å². The number of nitrogens with one attached hydrogen (secondary N) is 1. The fraction of sp³-hybridized carbons (Fsp3) is 0.611. The van der Waals surface area contributed by atoms with Crippen molar-refractivity contribution >= 4 is 5.96 Å². The Labute approximate surface area is 139 Å². The molecule has 2 rings (SSSR count). The van der Waals surface area contributed by atoms with Gasteiger partial charge in [0.2, 0.25) is 0 Å². The summed E-state index contributed by atoms with van der Waals surface area (Å²) >= 11 is 0. The molecule has 0 atom stereocenters. The molecule has 0 saturated carbocycles. The molecule has 5 heteroatoms. The summed E-state index contributed by atoms with van der Waals surface area (Å²) in [5, 5.41) is 3.40. The lowest BCUT2D eigenvalue weighted by atomic mass is 10.1. The quantitative estimate of drug-likeness (QED) is 0.476. The van der Waals surface area contributed by atoms with Crippen molar-refractivity contribution in [2.75, 3.05) is 40.5 Å². The lowest BCUT2D eigenvalue weighted by Gasteiger charge is -2.22. The normalized spacial score (nSPS) is 16.3. The Morgan fingerprint density at radius 1 is 1.26 bits per heavy atom. The van der Waals surface area contributed by atoms with Crippen molar-refractivity contribution in [2.24, 2.45) is 4.99 Å². The number of ether oxygens (including phenoxy) is 2. The predicted octanol–water partition coefficient (Wildman–Crippen LogP) is 2.28. The number of benzene rings is 1. The summed E-state index contributed by atoms with van der Waals surface area (Å²) in [6, 6.07) is 10.3. The Hall–Kier alpha value is -1.59. The van der Waals surface area contributed by atoms with Gasteiger partial charge in [-0.15, -0.1) is 0 Å². The van der Waals surface area contributed by atoms with E-state index in [1.165, 1.54) is 5.56 Å². The van der Waals surface area contributed by atoms with E-state index < -0.39 is 0 Å². The van der Waals surface area contributed by atoms with E-state index in [1.807, 2.05) is 37.2 Å². The van der Waals surface area contributed by atoms with Gasteiger partial charge in [0, 0.05) is 40.5 Å². The maximum absolute atomic E-state index is 5.88. The second-order valence-electron chi connectivity index (χ2n) is 5.98. The lowest BCUT2D eigenvalue weighted by molar-refractivity contribution is -0.0320. The molecule has 1 N–H and O–H groups in total. The smallest absolute Gasteiger partial charge is 0.193 e. The first-order valence-electron chi connectivity index (χ1n) is 8.44. The number of nitrogens with zero attached hydrogens (tertiary/aromatic N) is 2. The molecule has 0 amide bonds. The van der Waals surface area contributed by atoms with Crippen molar-refractivity contribution in [1.82, 2.24) is 10.2 Å². The highest BCUT2D eigenvalue weighted by Crippen LogP contribution is 2.10. The van der Waals surface area contributed by atoms with Crippen molar-refractivity contribution in [3.05, 3.63) is 35.9 Å². The summed E-state index contributed by atoms with van der Waals surface area (Å²) in [6.45, 7) is 4.02. The van der Waals surface area contributed by atoms with Crippen molar-refractivity contribution in [1.29, 1.82) is 0 Å². The Bertz CT molecular complexity index is 457. The molecule has 1 aliphatic rings. The second kappa shape index (κ2) is 10.2. The van der Waals surface area contributed by atoms with Gasteiger partial charge >= 0.3 is 0 Å². The Morgan fingerprint density at radius 3 is 2.70 bits per heavy atom. The molecule has 1 aromatic carbocycles. The number of hydrogen-bond acceptors (Lipinski definition) is 3. The van der Waals surface area contributed by atoms with E-state index in [2.05, 4.69) is 22.4 Å². The predicted molar refractivity (Wildman–Crippen MR) is 93.7 cm³/mol. The molecule has 23 heavy (non-hydrogen) atoms. The van der Waals surface area contributed by atoms with Crippen LogP contribution in [0.5, 0.6) is 0 Å². The van der Waals surface area contributed by atoms with Crippen LogP contribution in [0.4, 0.5) is 0 Å². The molecule has 0 aliphatic carbocycles. The summed E-state index contributed by atoms with van der Waals surface area (Å²) in [6.07, 6.45) is 3.41. The summed E-state index contributed by atoms with van der Waals surface area (Å²) in [5.41, 5.74) is 1.22. The van der Waals surface area contributed by atoms with Gasteiger partial charge in [-0.3, -0.25) is 0 Å².